The average Bonchev–Trinajstić information content (AvgIpc) is 3.08. The minimum atomic E-state index is -1.04. The molecule has 0 saturated heterocycles. The number of carboxylic acid groups (broad SMARTS) is 1. The third kappa shape index (κ3) is 5.18. The van der Waals surface area contributed by atoms with E-state index >= 15 is 0 Å². The Labute approximate surface area is 166 Å². The zero-order valence-corrected chi connectivity index (χ0v) is 16.0. The summed E-state index contributed by atoms with van der Waals surface area (Å²) in [6.07, 6.45) is 1.75. The van der Waals surface area contributed by atoms with Crippen LogP contribution < -0.4 is 5.32 Å². The molecule has 2 N–H and O–H groups in total. The molecule has 4 nitrogen and oxygen atoms in total. The number of carbonyl (C=O) groups excluding carboxylic acids is 1. The summed E-state index contributed by atoms with van der Waals surface area (Å²) in [5, 5.41) is 12.9. The monoisotopic (exact) mass is 399 g/mol. The Kier molecular flexibility index (Phi) is 6.27. The molecule has 1 heterocycles. The molecule has 0 atom stereocenters. The summed E-state index contributed by atoms with van der Waals surface area (Å²) < 4.78 is 0. The van der Waals surface area contributed by atoms with Gasteiger partial charge in [0.1, 0.15) is 4.88 Å². The lowest BCUT2D eigenvalue weighted by molar-refractivity contribution is -0.116. The zero-order chi connectivity index (χ0) is 19.2. The van der Waals surface area contributed by atoms with Crippen molar-refractivity contribution in [3.63, 3.8) is 0 Å². The summed E-state index contributed by atoms with van der Waals surface area (Å²) >= 11 is 7.02. The molecule has 0 unspecified atom stereocenters. The van der Waals surface area contributed by atoms with Crippen molar-refractivity contribution in [2.75, 3.05) is 5.32 Å². The quantitative estimate of drug-likeness (QED) is 0.533. The number of halogens is 1. The van der Waals surface area contributed by atoms with Crippen LogP contribution in [0.15, 0.2) is 60.7 Å². The van der Waals surface area contributed by atoms with Crippen LogP contribution in [0.4, 0.5) is 5.69 Å². The summed E-state index contributed by atoms with van der Waals surface area (Å²) in [6, 6.07) is 18.8. The van der Waals surface area contributed by atoms with Crippen LogP contribution in [0.1, 0.15) is 28.1 Å². The van der Waals surface area contributed by atoms with Crippen LogP contribution in [0.2, 0.25) is 5.02 Å². The van der Waals surface area contributed by atoms with Gasteiger partial charge in [0.05, 0.1) is 5.69 Å². The first-order valence-corrected chi connectivity index (χ1v) is 9.69. The van der Waals surface area contributed by atoms with Gasteiger partial charge in [0.2, 0.25) is 5.91 Å². The topological polar surface area (TPSA) is 66.4 Å². The normalized spacial score (nSPS) is 10.6. The van der Waals surface area contributed by atoms with Gasteiger partial charge in [-0.05, 0) is 42.2 Å². The highest BCUT2D eigenvalue weighted by atomic mass is 35.5. The number of carboxylic acids is 1. The number of aromatic carboxylic acids is 1. The Hall–Kier alpha value is -2.63. The molecule has 0 aliphatic rings. The molecule has 0 fully saturated rings. The molecule has 0 aliphatic carbocycles. The second-order valence-corrected chi connectivity index (χ2v) is 7.54. The lowest BCUT2D eigenvalue weighted by Crippen LogP contribution is -2.13. The number of rotatable bonds is 7. The van der Waals surface area contributed by atoms with E-state index < -0.39 is 5.97 Å². The van der Waals surface area contributed by atoms with E-state index in [2.05, 4.69) is 5.32 Å². The Morgan fingerprint density at radius 3 is 2.41 bits per heavy atom. The van der Waals surface area contributed by atoms with Crippen molar-refractivity contribution in [2.24, 2.45) is 0 Å². The van der Waals surface area contributed by atoms with Crippen LogP contribution in [-0.2, 0) is 11.2 Å². The highest BCUT2D eigenvalue weighted by Gasteiger charge is 2.18. The van der Waals surface area contributed by atoms with Crippen molar-refractivity contribution in [2.45, 2.75) is 19.3 Å². The van der Waals surface area contributed by atoms with Crippen LogP contribution in [0.3, 0.4) is 0 Å². The molecule has 0 radical (unpaired) electrons. The Bertz CT molecular complexity index is 936. The van der Waals surface area contributed by atoms with E-state index in [4.69, 9.17) is 11.6 Å². The van der Waals surface area contributed by atoms with Crippen molar-refractivity contribution < 1.29 is 14.7 Å². The zero-order valence-electron chi connectivity index (χ0n) is 14.4. The molecule has 1 aromatic heterocycles. The fourth-order valence-corrected chi connectivity index (χ4v) is 3.79. The molecular weight excluding hydrogens is 382 g/mol. The van der Waals surface area contributed by atoms with E-state index in [1.165, 1.54) is 0 Å². The second-order valence-electron chi connectivity index (χ2n) is 6.05. The van der Waals surface area contributed by atoms with Gasteiger partial charge in [-0.15, -0.1) is 11.3 Å². The fourth-order valence-electron chi connectivity index (χ4n) is 2.70. The smallest absolute Gasteiger partial charge is 0.348 e. The highest BCUT2D eigenvalue weighted by Crippen LogP contribution is 2.34. The first-order chi connectivity index (χ1) is 13.0. The molecule has 0 bridgehead atoms. The average molecular weight is 400 g/mol. The van der Waals surface area contributed by atoms with Gasteiger partial charge in [0.25, 0.3) is 0 Å². The SMILES string of the molecule is O=C(CCCc1ccc(Cl)cc1)Nc1cc(-c2ccccc2)sc1C(=O)O. The van der Waals surface area contributed by atoms with Crippen molar-refractivity contribution >= 4 is 40.5 Å². The number of aryl methyl sites for hydroxylation is 1. The number of hydrogen-bond acceptors (Lipinski definition) is 3. The molecule has 3 aromatic rings. The minimum Gasteiger partial charge on any atom is -0.477 e. The van der Waals surface area contributed by atoms with Crippen LogP contribution in [0.25, 0.3) is 10.4 Å². The number of amides is 1. The molecule has 6 heteroatoms. The summed E-state index contributed by atoms with van der Waals surface area (Å²) in [5.74, 6) is -1.23. The number of hydrogen-bond donors (Lipinski definition) is 2. The lowest BCUT2D eigenvalue weighted by atomic mass is 10.1. The predicted octanol–water partition coefficient (Wildman–Crippen LogP) is 5.73. The summed E-state index contributed by atoms with van der Waals surface area (Å²) in [5.41, 5.74) is 2.39. The van der Waals surface area contributed by atoms with Gasteiger partial charge in [-0.25, -0.2) is 4.79 Å². The maximum atomic E-state index is 12.3. The van der Waals surface area contributed by atoms with Gasteiger partial charge >= 0.3 is 5.97 Å². The van der Waals surface area contributed by atoms with Gasteiger partial charge in [-0.1, -0.05) is 54.1 Å². The second kappa shape index (κ2) is 8.84. The number of anilines is 1. The maximum absolute atomic E-state index is 12.3. The Morgan fingerprint density at radius 1 is 1.04 bits per heavy atom. The van der Waals surface area contributed by atoms with Crippen molar-refractivity contribution in [1.82, 2.24) is 0 Å². The van der Waals surface area contributed by atoms with E-state index in [9.17, 15) is 14.7 Å². The molecule has 138 valence electrons. The molecule has 0 aliphatic heterocycles. The molecule has 27 heavy (non-hydrogen) atoms. The highest BCUT2D eigenvalue weighted by molar-refractivity contribution is 7.18. The van der Waals surface area contributed by atoms with Crippen molar-refractivity contribution in [3.8, 4) is 10.4 Å². The molecule has 1 amide bonds. The molecule has 0 saturated carbocycles. The van der Waals surface area contributed by atoms with Crippen molar-refractivity contribution in [1.29, 1.82) is 0 Å². The summed E-state index contributed by atoms with van der Waals surface area (Å²) in [4.78, 5) is 24.7. The third-order valence-corrected chi connectivity index (χ3v) is 5.47. The molecule has 0 spiro atoms. The standard InChI is InChI=1S/C21H18ClNO3S/c22-16-11-9-14(10-12-16)5-4-8-19(24)23-17-13-18(27-20(17)21(25)26)15-6-2-1-3-7-15/h1-3,6-7,9-13H,4-5,8H2,(H,23,24)(H,25,26). The van der Waals surface area contributed by atoms with E-state index in [1.54, 1.807) is 6.07 Å². The number of thiophene rings is 1. The van der Waals surface area contributed by atoms with Crippen LogP contribution in [-0.4, -0.2) is 17.0 Å². The number of carbonyl (C=O) groups is 2. The minimum absolute atomic E-state index is 0.139. The van der Waals surface area contributed by atoms with Crippen LogP contribution in [0, 0.1) is 0 Å². The number of benzene rings is 2. The van der Waals surface area contributed by atoms with Gasteiger partial charge in [-0.2, -0.15) is 0 Å². The van der Waals surface area contributed by atoms with Gasteiger partial charge < -0.3 is 10.4 Å². The lowest BCUT2D eigenvalue weighted by Gasteiger charge is -2.05. The van der Waals surface area contributed by atoms with E-state index in [0.717, 1.165) is 33.8 Å². The Balaban J connectivity index is 1.63. The van der Waals surface area contributed by atoms with E-state index in [-0.39, 0.29) is 10.8 Å². The Morgan fingerprint density at radius 2 is 1.74 bits per heavy atom. The predicted molar refractivity (Wildman–Crippen MR) is 110 cm³/mol. The first-order valence-electron chi connectivity index (χ1n) is 8.50. The van der Waals surface area contributed by atoms with Gasteiger partial charge in [0.15, 0.2) is 0 Å². The fraction of sp³-hybridized carbons (Fsp3) is 0.143. The van der Waals surface area contributed by atoms with Gasteiger partial charge in [-0.3, -0.25) is 4.79 Å². The van der Waals surface area contributed by atoms with E-state index in [1.807, 2.05) is 54.6 Å². The first kappa shape index (κ1) is 19.1. The summed E-state index contributed by atoms with van der Waals surface area (Å²) in [7, 11) is 0. The largest absolute Gasteiger partial charge is 0.477 e. The maximum Gasteiger partial charge on any atom is 0.348 e. The van der Waals surface area contributed by atoms with Gasteiger partial charge in [0, 0.05) is 16.3 Å². The summed E-state index contributed by atoms with van der Waals surface area (Å²) in [6.45, 7) is 0. The molecule has 3 rings (SSSR count). The third-order valence-electron chi connectivity index (χ3n) is 4.04. The molecule has 2 aromatic carbocycles. The number of nitrogens with one attached hydrogen (secondary N) is 1. The van der Waals surface area contributed by atoms with Crippen LogP contribution >= 0.6 is 22.9 Å². The van der Waals surface area contributed by atoms with E-state index in [0.29, 0.717) is 23.6 Å². The van der Waals surface area contributed by atoms with Crippen LogP contribution in [0.5, 0.6) is 0 Å². The molecular formula is C21H18ClNO3S. The van der Waals surface area contributed by atoms with Crippen molar-refractivity contribution in [3.05, 3.63) is 76.1 Å².